The molecule has 0 spiro atoms. The Morgan fingerprint density at radius 1 is 0.703 bits per heavy atom. The van der Waals surface area contributed by atoms with Crippen molar-refractivity contribution in [3.8, 4) is 0 Å². The molecule has 8 heteroatoms. The number of carbonyl (C=O) groups is 2. The van der Waals surface area contributed by atoms with Gasteiger partial charge in [-0.25, -0.2) is 9.59 Å². The third kappa shape index (κ3) is 10.5. The molecule has 212 valence electrons. The fourth-order valence-electron chi connectivity index (χ4n) is 5.46. The molecule has 0 aromatic carbocycles. The first-order valence-electron chi connectivity index (χ1n) is 13.6. The molecule has 2 N–H and O–H groups in total. The van der Waals surface area contributed by atoms with E-state index in [1.807, 2.05) is 0 Å². The summed E-state index contributed by atoms with van der Waals surface area (Å²) in [6.45, 7) is 15.2. The van der Waals surface area contributed by atoms with Crippen molar-refractivity contribution < 1.29 is 38.7 Å². The summed E-state index contributed by atoms with van der Waals surface area (Å²) >= 11 is 0. The van der Waals surface area contributed by atoms with Gasteiger partial charge in [-0.15, -0.1) is 0 Å². The molecule has 2 unspecified atom stereocenters. The zero-order chi connectivity index (χ0) is 27.6. The lowest BCUT2D eigenvalue weighted by Gasteiger charge is -2.46. The summed E-state index contributed by atoms with van der Waals surface area (Å²) in [5.41, 5.74) is 0.850. The second kappa shape index (κ2) is 15.0. The Balaban J connectivity index is 1.65. The molecule has 0 radical (unpaired) electrons. The highest BCUT2D eigenvalue weighted by Crippen LogP contribution is 2.48. The van der Waals surface area contributed by atoms with E-state index in [1.165, 1.54) is 0 Å². The van der Waals surface area contributed by atoms with Gasteiger partial charge in [0.25, 0.3) is 0 Å². The van der Waals surface area contributed by atoms with Crippen molar-refractivity contribution in [1.82, 2.24) is 0 Å². The summed E-state index contributed by atoms with van der Waals surface area (Å²) in [4.78, 5) is 22.9. The standard InChI is InChI=1S/C29H48O8/c1-19(2)27(32)36-17-23(30)15-34-25-11-7-21(8-12-25)29(5,6)22-9-13-26(14-10-22)35-16-24(31)18-37-28(33)20(3)4/h21-26,30-31H,1,3,7-18H2,2,4-6H3. The van der Waals surface area contributed by atoms with E-state index in [2.05, 4.69) is 27.0 Å². The minimum absolute atomic E-state index is 0.0815. The molecule has 2 aliphatic rings. The summed E-state index contributed by atoms with van der Waals surface area (Å²) in [7, 11) is 0. The Morgan fingerprint density at radius 2 is 1.03 bits per heavy atom. The fourth-order valence-corrected chi connectivity index (χ4v) is 5.46. The third-order valence-electron chi connectivity index (χ3n) is 8.01. The van der Waals surface area contributed by atoms with Crippen LogP contribution in [0, 0.1) is 17.3 Å². The molecule has 0 bridgehead atoms. The first kappa shape index (κ1) is 31.5. The number of aliphatic hydroxyl groups is 2. The molecular weight excluding hydrogens is 476 g/mol. The van der Waals surface area contributed by atoms with Crippen molar-refractivity contribution in [2.75, 3.05) is 26.4 Å². The second-order valence-corrected chi connectivity index (χ2v) is 11.5. The molecule has 8 nitrogen and oxygen atoms in total. The van der Waals surface area contributed by atoms with Gasteiger partial charge in [0.1, 0.15) is 25.4 Å². The maximum Gasteiger partial charge on any atom is 0.333 e. The number of hydrogen-bond acceptors (Lipinski definition) is 8. The topological polar surface area (TPSA) is 112 Å². The average molecular weight is 525 g/mol. The molecule has 0 aromatic heterocycles. The van der Waals surface area contributed by atoms with Crippen LogP contribution < -0.4 is 0 Å². The van der Waals surface area contributed by atoms with Gasteiger partial charge in [-0.3, -0.25) is 0 Å². The maximum atomic E-state index is 11.4. The molecule has 2 rings (SSSR count). The van der Waals surface area contributed by atoms with Crippen LogP contribution in [0.1, 0.15) is 79.1 Å². The van der Waals surface area contributed by atoms with Gasteiger partial charge in [0.15, 0.2) is 0 Å². The van der Waals surface area contributed by atoms with Crippen molar-refractivity contribution in [1.29, 1.82) is 0 Å². The molecule has 2 aliphatic carbocycles. The Kier molecular flexibility index (Phi) is 12.8. The minimum atomic E-state index is -0.831. The minimum Gasteiger partial charge on any atom is -0.460 e. The molecule has 0 aromatic rings. The average Bonchev–Trinajstić information content (AvgIpc) is 2.88. The van der Waals surface area contributed by atoms with Crippen molar-refractivity contribution in [2.24, 2.45) is 17.3 Å². The molecule has 2 fully saturated rings. The van der Waals surface area contributed by atoms with Crippen molar-refractivity contribution in [3.05, 3.63) is 24.3 Å². The van der Waals surface area contributed by atoms with Crippen LogP contribution in [-0.2, 0) is 28.5 Å². The lowest BCUT2D eigenvalue weighted by Crippen LogP contribution is -2.39. The van der Waals surface area contributed by atoms with Crippen LogP contribution in [0.4, 0.5) is 0 Å². The number of aliphatic hydroxyl groups excluding tert-OH is 2. The van der Waals surface area contributed by atoms with E-state index in [9.17, 15) is 19.8 Å². The van der Waals surface area contributed by atoms with Crippen molar-refractivity contribution in [2.45, 2.75) is 103 Å². The molecule has 0 aliphatic heterocycles. The highest BCUT2D eigenvalue weighted by molar-refractivity contribution is 5.87. The summed E-state index contributed by atoms with van der Waals surface area (Å²) < 4.78 is 21.8. The Morgan fingerprint density at radius 3 is 1.32 bits per heavy atom. The predicted octanol–water partition coefficient (Wildman–Crippen LogP) is 4.12. The normalized spacial score (nSPS) is 26.1. The van der Waals surface area contributed by atoms with Crippen molar-refractivity contribution >= 4 is 11.9 Å². The van der Waals surface area contributed by atoms with Crippen LogP contribution in [0.5, 0.6) is 0 Å². The number of esters is 2. The van der Waals surface area contributed by atoms with Crippen LogP contribution in [-0.4, -0.2) is 73.0 Å². The fraction of sp³-hybridized carbons (Fsp3) is 0.793. The van der Waals surface area contributed by atoms with Crippen LogP contribution in [0.25, 0.3) is 0 Å². The van der Waals surface area contributed by atoms with Gasteiger partial charge in [0, 0.05) is 11.1 Å². The number of hydrogen-bond donors (Lipinski definition) is 2. The molecule has 2 atom stereocenters. The van der Waals surface area contributed by atoms with E-state index >= 15 is 0 Å². The third-order valence-corrected chi connectivity index (χ3v) is 8.01. The second-order valence-electron chi connectivity index (χ2n) is 11.5. The lowest BCUT2D eigenvalue weighted by atomic mass is 9.60. The Bertz CT molecular complexity index is 698. The maximum absolute atomic E-state index is 11.4. The number of rotatable bonds is 14. The SMILES string of the molecule is C=C(C)C(=O)OCC(O)COC1CCC(C(C)(C)C2CCC(OCC(O)COC(=O)C(=C)C)CC2)CC1. The first-order chi connectivity index (χ1) is 17.4. The molecular formula is C29H48O8. The van der Waals surface area contributed by atoms with Crippen molar-refractivity contribution in [3.63, 3.8) is 0 Å². The van der Waals surface area contributed by atoms with E-state index in [4.69, 9.17) is 18.9 Å². The smallest absolute Gasteiger partial charge is 0.333 e. The lowest BCUT2D eigenvalue weighted by molar-refractivity contribution is -0.144. The van der Waals surface area contributed by atoms with Crippen LogP contribution in [0.3, 0.4) is 0 Å². The molecule has 0 saturated heterocycles. The van der Waals surface area contributed by atoms with E-state index in [-0.39, 0.29) is 44.1 Å². The van der Waals surface area contributed by atoms with Gasteiger partial charge < -0.3 is 29.2 Å². The number of carbonyl (C=O) groups excluding carboxylic acids is 2. The predicted molar refractivity (Wildman–Crippen MR) is 141 cm³/mol. The van der Waals surface area contributed by atoms with Gasteiger partial charge >= 0.3 is 11.9 Å². The summed E-state index contributed by atoms with van der Waals surface area (Å²) in [6, 6.07) is 0. The first-order valence-corrected chi connectivity index (χ1v) is 13.6. The Labute approximate surface area is 222 Å². The van der Waals surface area contributed by atoms with Gasteiger partial charge in [0.2, 0.25) is 0 Å². The largest absolute Gasteiger partial charge is 0.460 e. The number of ether oxygens (including phenoxy) is 4. The monoisotopic (exact) mass is 524 g/mol. The zero-order valence-electron chi connectivity index (χ0n) is 23.2. The van der Waals surface area contributed by atoms with E-state index in [0.29, 0.717) is 23.0 Å². The van der Waals surface area contributed by atoms with Crippen LogP contribution in [0.2, 0.25) is 0 Å². The van der Waals surface area contributed by atoms with Gasteiger partial charge in [-0.2, -0.15) is 0 Å². The van der Waals surface area contributed by atoms with Crippen LogP contribution in [0.15, 0.2) is 24.3 Å². The molecule has 0 amide bonds. The zero-order valence-corrected chi connectivity index (χ0v) is 23.2. The summed E-state index contributed by atoms with van der Waals surface area (Å²) in [5.74, 6) is 0.255. The molecule has 37 heavy (non-hydrogen) atoms. The van der Waals surface area contributed by atoms with Gasteiger partial charge in [0.05, 0.1) is 25.4 Å². The molecule has 2 saturated carbocycles. The quantitative estimate of drug-likeness (QED) is 0.258. The van der Waals surface area contributed by atoms with Gasteiger partial charge in [-0.05, 0) is 82.5 Å². The highest BCUT2D eigenvalue weighted by Gasteiger charge is 2.40. The molecule has 0 heterocycles. The summed E-state index contributed by atoms with van der Waals surface area (Å²) in [6.07, 6.45) is 6.88. The van der Waals surface area contributed by atoms with Gasteiger partial charge in [-0.1, -0.05) is 27.0 Å². The highest BCUT2D eigenvalue weighted by atomic mass is 16.6. The Hall–Kier alpha value is -1.74. The van der Waals surface area contributed by atoms with E-state index in [0.717, 1.165) is 51.4 Å². The summed E-state index contributed by atoms with van der Waals surface area (Å²) in [5, 5.41) is 20.1. The van der Waals surface area contributed by atoms with E-state index < -0.39 is 24.1 Å². The van der Waals surface area contributed by atoms with E-state index in [1.54, 1.807) is 13.8 Å². The van der Waals surface area contributed by atoms with Crippen LogP contribution >= 0.6 is 0 Å².